The molecule has 47 heavy (non-hydrogen) atoms. The molecule has 2 fully saturated rings. The van der Waals surface area contributed by atoms with E-state index in [0.29, 0.717) is 32.5 Å². The summed E-state index contributed by atoms with van der Waals surface area (Å²) in [4.78, 5) is 58.6. The standard InChI is InChI=1S/C34H38F2N6O5/c1-17-6-9-21(13-18(17)2)38-25-15-26(43)42(34(47)39-25)11-4-5-24(41-12-10-37-19(3)16-41)27-23(35)14-22-31(29(27)36)40-30(20-7-8-20)28(32(22)44)33(45)46/h6,9,13-15,19-20,24,37-38H,4-5,7-8,10-12,16H2,1-3H3,(H,39,47)(H,40,44)(H,45,46)/t19?,24-/m1/s1. The number of aryl methyl sites for hydroxylation is 2. The minimum absolute atomic E-state index is 0.0116. The molecule has 11 nitrogen and oxygen atoms in total. The Morgan fingerprint density at radius 1 is 1.09 bits per heavy atom. The number of aromatic amines is 2. The highest BCUT2D eigenvalue weighted by molar-refractivity contribution is 5.94. The van der Waals surface area contributed by atoms with Crippen molar-refractivity contribution in [1.82, 2.24) is 24.8 Å². The molecule has 4 aromatic rings. The van der Waals surface area contributed by atoms with Gasteiger partial charge >= 0.3 is 11.7 Å². The van der Waals surface area contributed by atoms with Crippen molar-refractivity contribution in [1.29, 1.82) is 0 Å². The molecule has 1 aliphatic carbocycles. The molecule has 13 heteroatoms. The molecule has 2 atom stereocenters. The molecule has 0 amide bonds. The average Bonchev–Trinajstić information content (AvgIpc) is 3.85. The number of aromatic nitrogens is 3. The van der Waals surface area contributed by atoms with Gasteiger partial charge < -0.3 is 20.7 Å². The van der Waals surface area contributed by atoms with Crippen molar-refractivity contribution in [3.63, 3.8) is 0 Å². The Morgan fingerprint density at radius 2 is 1.85 bits per heavy atom. The van der Waals surface area contributed by atoms with Crippen molar-refractivity contribution in [2.24, 2.45) is 0 Å². The van der Waals surface area contributed by atoms with E-state index in [4.69, 9.17) is 0 Å². The van der Waals surface area contributed by atoms with E-state index >= 15 is 8.78 Å². The largest absolute Gasteiger partial charge is 0.477 e. The molecule has 1 saturated heterocycles. The Kier molecular flexibility index (Phi) is 8.86. The van der Waals surface area contributed by atoms with Crippen LogP contribution in [0.4, 0.5) is 20.3 Å². The van der Waals surface area contributed by atoms with Crippen LogP contribution >= 0.6 is 0 Å². The van der Waals surface area contributed by atoms with Gasteiger partial charge in [0.15, 0.2) is 5.82 Å². The first-order chi connectivity index (χ1) is 22.4. The van der Waals surface area contributed by atoms with Crippen molar-refractivity contribution in [3.05, 3.63) is 101 Å². The lowest BCUT2D eigenvalue weighted by Gasteiger charge is -2.38. The van der Waals surface area contributed by atoms with Crippen LogP contribution < -0.4 is 27.3 Å². The number of piperazine rings is 1. The summed E-state index contributed by atoms with van der Waals surface area (Å²) in [6.45, 7) is 7.50. The number of carboxylic acids is 1. The van der Waals surface area contributed by atoms with Crippen LogP contribution in [0, 0.1) is 25.5 Å². The van der Waals surface area contributed by atoms with Crippen LogP contribution in [0.3, 0.4) is 0 Å². The number of hydrogen-bond donors (Lipinski definition) is 5. The summed E-state index contributed by atoms with van der Waals surface area (Å²) >= 11 is 0. The Labute approximate surface area is 268 Å². The number of fused-ring (bicyclic) bond motifs is 1. The smallest absolute Gasteiger partial charge is 0.341 e. The highest BCUT2D eigenvalue weighted by Crippen LogP contribution is 2.41. The second kappa shape index (κ2) is 12.9. The van der Waals surface area contributed by atoms with Crippen LogP contribution in [-0.2, 0) is 6.54 Å². The normalized spacial score (nSPS) is 17.6. The van der Waals surface area contributed by atoms with Gasteiger partial charge in [0.05, 0.1) is 10.9 Å². The average molecular weight is 649 g/mol. The number of carboxylic acid groups (broad SMARTS) is 1. The van der Waals surface area contributed by atoms with Crippen molar-refractivity contribution in [3.8, 4) is 0 Å². The molecule has 1 aliphatic heterocycles. The molecule has 2 aromatic carbocycles. The predicted molar refractivity (Wildman–Crippen MR) is 175 cm³/mol. The van der Waals surface area contributed by atoms with Gasteiger partial charge in [0.25, 0.3) is 5.56 Å². The summed E-state index contributed by atoms with van der Waals surface area (Å²) in [5, 5.41) is 15.7. The molecule has 1 saturated carbocycles. The molecule has 248 valence electrons. The van der Waals surface area contributed by atoms with E-state index in [-0.39, 0.29) is 59.3 Å². The third kappa shape index (κ3) is 6.50. The van der Waals surface area contributed by atoms with Gasteiger partial charge in [0, 0.05) is 67.2 Å². The summed E-state index contributed by atoms with van der Waals surface area (Å²) in [5.41, 5.74) is 0.0638. The van der Waals surface area contributed by atoms with E-state index in [1.807, 2.05) is 43.9 Å². The number of rotatable bonds is 10. The van der Waals surface area contributed by atoms with Crippen molar-refractivity contribution in [2.75, 3.05) is 25.0 Å². The minimum atomic E-state index is -1.44. The minimum Gasteiger partial charge on any atom is -0.477 e. The van der Waals surface area contributed by atoms with E-state index in [2.05, 4.69) is 20.6 Å². The van der Waals surface area contributed by atoms with Gasteiger partial charge in [-0.15, -0.1) is 0 Å². The topological polar surface area (TPSA) is 152 Å². The van der Waals surface area contributed by atoms with E-state index in [0.717, 1.165) is 27.4 Å². The van der Waals surface area contributed by atoms with Gasteiger partial charge in [0.2, 0.25) is 5.43 Å². The van der Waals surface area contributed by atoms with Crippen molar-refractivity contribution >= 4 is 28.4 Å². The zero-order valence-corrected chi connectivity index (χ0v) is 26.5. The van der Waals surface area contributed by atoms with Gasteiger partial charge in [-0.1, -0.05) is 6.07 Å². The lowest BCUT2D eigenvalue weighted by Crippen LogP contribution is -2.50. The van der Waals surface area contributed by atoms with Gasteiger partial charge in [0.1, 0.15) is 17.2 Å². The van der Waals surface area contributed by atoms with Crippen LogP contribution in [-0.4, -0.2) is 56.2 Å². The molecule has 0 radical (unpaired) electrons. The summed E-state index contributed by atoms with van der Waals surface area (Å²) in [7, 11) is 0. The molecule has 0 bridgehead atoms. The van der Waals surface area contributed by atoms with Gasteiger partial charge in [-0.3, -0.25) is 24.0 Å². The van der Waals surface area contributed by atoms with Crippen LogP contribution in [0.2, 0.25) is 0 Å². The maximum absolute atomic E-state index is 16.4. The van der Waals surface area contributed by atoms with E-state index < -0.39 is 45.9 Å². The lowest BCUT2D eigenvalue weighted by atomic mass is 9.95. The SMILES string of the molecule is Cc1ccc(Nc2cc(=O)n(CCC[C@H](c3c(F)cc4c(=O)c(C(=O)O)c(C5CC5)[nH]c4c3F)N3CCNC(C)C3)c(=O)[nH]2)cc1C. The predicted octanol–water partition coefficient (Wildman–Crippen LogP) is 4.41. The Bertz CT molecular complexity index is 2020. The number of halogens is 2. The number of carbonyl (C=O) groups is 1. The number of hydrogen-bond acceptors (Lipinski definition) is 7. The molecule has 2 aromatic heterocycles. The van der Waals surface area contributed by atoms with Crippen LogP contribution in [0.5, 0.6) is 0 Å². The summed E-state index contributed by atoms with van der Waals surface area (Å²) < 4.78 is 33.4. The third-order valence-electron chi connectivity index (χ3n) is 9.29. The molecular weight excluding hydrogens is 610 g/mol. The Morgan fingerprint density at radius 3 is 2.51 bits per heavy atom. The molecule has 1 unspecified atom stereocenters. The number of H-pyrrole nitrogens is 2. The fraction of sp³-hybridized carbons (Fsp3) is 0.412. The maximum Gasteiger partial charge on any atom is 0.341 e. The first kappa shape index (κ1) is 32.3. The fourth-order valence-corrected chi connectivity index (χ4v) is 6.56. The number of benzene rings is 2. The number of aromatic carboxylic acids is 1. The molecule has 6 rings (SSSR count). The van der Waals surface area contributed by atoms with E-state index in [1.54, 1.807) is 0 Å². The first-order valence-electron chi connectivity index (χ1n) is 15.9. The lowest BCUT2D eigenvalue weighted by molar-refractivity contribution is 0.0694. The molecule has 2 aliphatic rings. The number of nitrogens with zero attached hydrogens (tertiary/aromatic N) is 2. The first-order valence-corrected chi connectivity index (χ1v) is 15.9. The molecule has 5 N–H and O–H groups in total. The summed E-state index contributed by atoms with van der Waals surface area (Å²) in [6.07, 6.45) is 1.78. The quantitative estimate of drug-likeness (QED) is 0.170. The van der Waals surface area contributed by atoms with E-state index in [1.165, 1.54) is 6.07 Å². The van der Waals surface area contributed by atoms with Crippen LogP contribution in [0.15, 0.2) is 44.7 Å². The number of pyridine rings is 1. The Balaban J connectivity index is 1.31. The fourth-order valence-electron chi connectivity index (χ4n) is 6.56. The molecule has 3 heterocycles. The summed E-state index contributed by atoms with van der Waals surface area (Å²) in [5.74, 6) is -3.28. The van der Waals surface area contributed by atoms with Crippen molar-refractivity contribution < 1.29 is 18.7 Å². The third-order valence-corrected chi connectivity index (χ3v) is 9.29. The maximum atomic E-state index is 16.4. The monoisotopic (exact) mass is 648 g/mol. The molecule has 0 spiro atoms. The van der Waals surface area contributed by atoms with Crippen LogP contribution in [0.25, 0.3) is 10.9 Å². The number of anilines is 2. The zero-order valence-electron chi connectivity index (χ0n) is 26.5. The van der Waals surface area contributed by atoms with Gasteiger partial charge in [-0.25, -0.2) is 18.4 Å². The second-order valence-electron chi connectivity index (χ2n) is 12.7. The Hall–Kier alpha value is -4.62. The van der Waals surface area contributed by atoms with Crippen LogP contribution in [0.1, 0.15) is 77.3 Å². The summed E-state index contributed by atoms with van der Waals surface area (Å²) in [6, 6.07) is 7.18. The second-order valence-corrected chi connectivity index (χ2v) is 12.7. The zero-order chi connectivity index (χ0) is 33.6. The number of nitrogens with one attached hydrogen (secondary N) is 4. The molecular formula is C34H38F2N6O5. The highest BCUT2D eigenvalue weighted by Gasteiger charge is 2.35. The van der Waals surface area contributed by atoms with Gasteiger partial charge in [-0.2, -0.15) is 0 Å². The highest BCUT2D eigenvalue weighted by atomic mass is 19.1. The van der Waals surface area contributed by atoms with Gasteiger partial charge in [-0.05, 0) is 75.8 Å². The van der Waals surface area contributed by atoms with Crippen molar-refractivity contribution in [2.45, 2.75) is 71.0 Å². The van der Waals surface area contributed by atoms with E-state index in [9.17, 15) is 24.3 Å².